The van der Waals surface area contributed by atoms with E-state index in [1.54, 1.807) is 4.68 Å². The zero-order valence-electron chi connectivity index (χ0n) is 10.6. The van der Waals surface area contributed by atoms with Gasteiger partial charge in [-0.05, 0) is 21.8 Å². The zero-order valence-corrected chi connectivity index (χ0v) is 12.2. The predicted octanol–water partition coefficient (Wildman–Crippen LogP) is 0.595. The van der Waals surface area contributed by atoms with Gasteiger partial charge in [-0.15, -0.1) is 0 Å². The normalized spacial score (nSPS) is 11.2. The molecule has 2 aromatic heterocycles. The van der Waals surface area contributed by atoms with Crippen molar-refractivity contribution in [3.05, 3.63) is 43.7 Å². The average Bonchev–Trinajstić information content (AvgIpc) is 2.76. The summed E-state index contributed by atoms with van der Waals surface area (Å²) >= 11 is 3.10. The highest BCUT2D eigenvalue weighted by molar-refractivity contribution is 9.10. The number of nitrogens with zero attached hydrogens (tertiary/aromatic N) is 4. The van der Waals surface area contributed by atoms with E-state index in [0.29, 0.717) is 22.8 Å². The van der Waals surface area contributed by atoms with Gasteiger partial charge in [0.25, 0.3) is 5.56 Å². The summed E-state index contributed by atoms with van der Waals surface area (Å²) in [5, 5.41) is 4.10. The Hall–Kier alpha value is -1.70. The third-order valence-corrected chi connectivity index (χ3v) is 3.12. The van der Waals surface area contributed by atoms with Gasteiger partial charge in [-0.2, -0.15) is 5.10 Å². The topological polar surface area (TPSA) is 85.6 Å². The van der Waals surface area contributed by atoms with Crippen molar-refractivity contribution in [2.45, 2.75) is 26.9 Å². The lowest BCUT2D eigenvalue weighted by Crippen LogP contribution is -2.36. The molecule has 0 amide bonds. The summed E-state index contributed by atoms with van der Waals surface area (Å²) in [5.74, 6) is 0.984. The van der Waals surface area contributed by atoms with Gasteiger partial charge in [0.05, 0.1) is 11.0 Å². The van der Waals surface area contributed by atoms with Gasteiger partial charge in [-0.1, -0.05) is 13.8 Å². The first-order valence-corrected chi connectivity index (χ1v) is 6.63. The summed E-state index contributed by atoms with van der Waals surface area (Å²) in [5.41, 5.74) is -0.852. The Kier molecular flexibility index (Phi) is 3.98. The Morgan fingerprint density at radius 3 is 2.84 bits per heavy atom. The Balaban J connectivity index is 2.37. The summed E-state index contributed by atoms with van der Waals surface area (Å²) < 4.78 is 3.10. The lowest BCUT2D eigenvalue weighted by atomic mass is 10.2. The molecule has 2 aromatic rings. The zero-order chi connectivity index (χ0) is 14.0. The van der Waals surface area contributed by atoms with Crippen molar-refractivity contribution in [3.8, 4) is 0 Å². The van der Waals surface area contributed by atoms with Crippen LogP contribution in [0, 0.1) is 5.92 Å². The van der Waals surface area contributed by atoms with Crippen LogP contribution in [-0.4, -0.2) is 24.3 Å². The Morgan fingerprint density at radius 1 is 1.42 bits per heavy atom. The molecular weight excluding hydrogens is 314 g/mol. The molecule has 0 unspecified atom stereocenters. The first-order valence-electron chi connectivity index (χ1n) is 5.83. The van der Waals surface area contributed by atoms with E-state index in [0.717, 1.165) is 4.57 Å². The van der Waals surface area contributed by atoms with Crippen molar-refractivity contribution in [3.63, 3.8) is 0 Å². The van der Waals surface area contributed by atoms with E-state index in [2.05, 4.69) is 44.8 Å². The van der Waals surface area contributed by atoms with Gasteiger partial charge < -0.3 is 4.98 Å². The number of nitrogens with one attached hydrogen (secondary N) is 1. The molecule has 7 nitrogen and oxygen atoms in total. The van der Waals surface area contributed by atoms with Crippen molar-refractivity contribution >= 4 is 15.9 Å². The van der Waals surface area contributed by atoms with E-state index in [9.17, 15) is 9.59 Å². The minimum atomic E-state index is -0.465. The number of hydrogen-bond donors (Lipinski definition) is 1. The standard InChI is InChI=1S/C11H14BrN5O2/c1-7(2)4-17-9(14-6-15-17)5-16-10(18)8(12)3-13-11(16)19/h3,6-7H,4-5H2,1-2H3,(H,13,19). The molecule has 0 aliphatic heterocycles. The van der Waals surface area contributed by atoms with Gasteiger partial charge >= 0.3 is 5.69 Å². The lowest BCUT2D eigenvalue weighted by Gasteiger charge is -2.09. The largest absolute Gasteiger partial charge is 0.328 e. The second-order valence-electron chi connectivity index (χ2n) is 4.59. The maximum atomic E-state index is 11.9. The van der Waals surface area contributed by atoms with Crippen LogP contribution in [0.3, 0.4) is 0 Å². The molecule has 1 N–H and O–H groups in total. The molecule has 0 saturated carbocycles. The molecule has 0 aliphatic rings. The van der Waals surface area contributed by atoms with Crippen molar-refractivity contribution in [1.29, 1.82) is 0 Å². The monoisotopic (exact) mass is 327 g/mol. The number of rotatable bonds is 4. The fourth-order valence-corrected chi connectivity index (χ4v) is 2.01. The third-order valence-electron chi connectivity index (χ3n) is 2.55. The van der Waals surface area contributed by atoms with E-state index < -0.39 is 5.69 Å². The van der Waals surface area contributed by atoms with E-state index in [1.807, 2.05) is 0 Å². The van der Waals surface area contributed by atoms with Crippen LogP contribution >= 0.6 is 15.9 Å². The molecule has 8 heteroatoms. The van der Waals surface area contributed by atoms with Gasteiger partial charge in [0.1, 0.15) is 12.2 Å². The number of aromatic amines is 1. The molecule has 102 valence electrons. The molecule has 0 aromatic carbocycles. The van der Waals surface area contributed by atoms with Gasteiger partial charge in [-0.3, -0.25) is 9.36 Å². The molecular formula is C11H14BrN5O2. The first kappa shape index (κ1) is 13.7. The van der Waals surface area contributed by atoms with Crippen molar-refractivity contribution in [1.82, 2.24) is 24.3 Å². The molecule has 0 saturated heterocycles. The van der Waals surface area contributed by atoms with Crippen molar-refractivity contribution in [2.24, 2.45) is 5.92 Å². The highest BCUT2D eigenvalue weighted by atomic mass is 79.9. The molecule has 0 radical (unpaired) electrons. The predicted molar refractivity (Wildman–Crippen MR) is 73.0 cm³/mol. The second kappa shape index (κ2) is 5.52. The summed E-state index contributed by atoms with van der Waals surface area (Å²) in [4.78, 5) is 30.2. The van der Waals surface area contributed by atoms with Crippen LogP contribution in [0.25, 0.3) is 0 Å². The second-order valence-corrected chi connectivity index (χ2v) is 5.44. The fraction of sp³-hybridized carbons (Fsp3) is 0.455. The van der Waals surface area contributed by atoms with Crippen LogP contribution in [0.2, 0.25) is 0 Å². The SMILES string of the molecule is CC(C)Cn1ncnc1Cn1c(=O)[nH]cc(Br)c1=O. The fourth-order valence-electron chi connectivity index (χ4n) is 1.68. The maximum absolute atomic E-state index is 11.9. The van der Waals surface area contributed by atoms with E-state index in [4.69, 9.17) is 0 Å². The third kappa shape index (κ3) is 3.01. The Labute approximate surface area is 117 Å². The highest BCUT2D eigenvalue weighted by Crippen LogP contribution is 2.02. The highest BCUT2D eigenvalue weighted by Gasteiger charge is 2.11. The van der Waals surface area contributed by atoms with Crippen LogP contribution < -0.4 is 11.2 Å². The summed E-state index contributed by atoms with van der Waals surface area (Å²) in [6, 6.07) is 0. The molecule has 0 spiro atoms. The van der Waals surface area contributed by atoms with Crippen LogP contribution in [0.4, 0.5) is 0 Å². The van der Waals surface area contributed by atoms with E-state index in [-0.39, 0.29) is 12.1 Å². The van der Waals surface area contributed by atoms with E-state index in [1.165, 1.54) is 12.5 Å². The number of halogens is 1. The molecule has 2 heterocycles. The van der Waals surface area contributed by atoms with Crippen LogP contribution in [-0.2, 0) is 13.1 Å². The molecule has 2 rings (SSSR count). The molecule has 0 fully saturated rings. The minimum Gasteiger partial charge on any atom is -0.313 e. The van der Waals surface area contributed by atoms with Gasteiger partial charge in [0, 0.05) is 12.7 Å². The number of hydrogen-bond acceptors (Lipinski definition) is 4. The van der Waals surface area contributed by atoms with Crippen LogP contribution in [0.15, 0.2) is 26.6 Å². The number of aromatic nitrogens is 5. The molecule has 0 atom stereocenters. The Bertz CT molecular complexity index is 685. The maximum Gasteiger partial charge on any atom is 0.328 e. The summed E-state index contributed by atoms with van der Waals surface area (Å²) in [7, 11) is 0. The summed E-state index contributed by atoms with van der Waals surface area (Å²) in [6.45, 7) is 4.91. The quantitative estimate of drug-likeness (QED) is 0.890. The van der Waals surface area contributed by atoms with Crippen LogP contribution in [0.1, 0.15) is 19.7 Å². The smallest absolute Gasteiger partial charge is 0.313 e. The number of H-pyrrole nitrogens is 1. The Morgan fingerprint density at radius 2 is 2.16 bits per heavy atom. The van der Waals surface area contributed by atoms with Crippen LogP contribution in [0.5, 0.6) is 0 Å². The average molecular weight is 328 g/mol. The minimum absolute atomic E-state index is 0.0975. The molecule has 19 heavy (non-hydrogen) atoms. The van der Waals surface area contributed by atoms with Gasteiger partial charge in [-0.25, -0.2) is 14.5 Å². The summed E-state index contributed by atoms with van der Waals surface area (Å²) in [6.07, 6.45) is 2.76. The van der Waals surface area contributed by atoms with Crippen molar-refractivity contribution < 1.29 is 0 Å². The molecule has 0 aliphatic carbocycles. The van der Waals surface area contributed by atoms with Crippen molar-refractivity contribution in [2.75, 3.05) is 0 Å². The van der Waals surface area contributed by atoms with Gasteiger partial charge in [0.15, 0.2) is 0 Å². The van der Waals surface area contributed by atoms with E-state index >= 15 is 0 Å². The van der Waals surface area contributed by atoms with Gasteiger partial charge in [0.2, 0.25) is 0 Å². The lowest BCUT2D eigenvalue weighted by molar-refractivity contribution is 0.457. The molecule has 0 bridgehead atoms. The first-order chi connectivity index (χ1) is 8.99.